The van der Waals surface area contributed by atoms with E-state index in [9.17, 15) is 9.90 Å². The standard InChI is InChI=1S/C16H13Cl3O4/c17-10-1-4-12(5-2-10)23-15(16(20)21)7-8-22-14-6-3-11(18)9-13(14)19/h1-6,9,15H,7-8H2,(H,20,21). The average Bonchev–Trinajstić information content (AvgIpc) is 2.50. The van der Waals surface area contributed by atoms with Gasteiger partial charge in [0.2, 0.25) is 0 Å². The van der Waals surface area contributed by atoms with Crippen molar-refractivity contribution in [1.29, 1.82) is 0 Å². The summed E-state index contributed by atoms with van der Waals surface area (Å²) in [5.74, 6) is -0.219. The summed E-state index contributed by atoms with van der Waals surface area (Å²) >= 11 is 17.6. The Balaban J connectivity index is 1.92. The number of hydrogen-bond donors (Lipinski definition) is 1. The van der Waals surface area contributed by atoms with Crippen LogP contribution in [-0.2, 0) is 4.79 Å². The highest BCUT2D eigenvalue weighted by atomic mass is 35.5. The Morgan fingerprint density at radius 3 is 2.30 bits per heavy atom. The molecule has 0 fully saturated rings. The van der Waals surface area contributed by atoms with Crippen molar-refractivity contribution in [3.8, 4) is 11.5 Å². The quantitative estimate of drug-likeness (QED) is 0.744. The molecule has 2 aromatic rings. The van der Waals surface area contributed by atoms with Crippen molar-refractivity contribution >= 4 is 40.8 Å². The van der Waals surface area contributed by atoms with Gasteiger partial charge >= 0.3 is 5.97 Å². The molecule has 1 atom stereocenters. The van der Waals surface area contributed by atoms with Gasteiger partial charge in [0.25, 0.3) is 0 Å². The molecule has 0 saturated heterocycles. The van der Waals surface area contributed by atoms with Gasteiger partial charge in [-0.3, -0.25) is 0 Å². The average molecular weight is 376 g/mol. The highest BCUT2D eigenvalue weighted by molar-refractivity contribution is 6.35. The van der Waals surface area contributed by atoms with Gasteiger partial charge in [-0.15, -0.1) is 0 Å². The largest absolute Gasteiger partial charge is 0.492 e. The number of carboxylic acid groups (broad SMARTS) is 1. The predicted octanol–water partition coefficient (Wildman–Crippen LogP) is 4.95. The van der Waals surface area contributed by atoms with Crippen molar-refractivity contribution in [1.82, 2.24) is 0 Å². The lowest BCUT2D eigenvalue weighted by Crippen LogP contribution is -2.29. The molecule has 2 aromatic carbocycles. The summed E-state index contributed by atoms with van der Waals surface area (Å²) in [6.07, 6.45) is -0.890. The molecule has 7 heteroatoms. The van der Waals surface area contributed by atoms with Crippen LogP contribution in [-0.4, -0.2) is 23.8 Å². The van der Waals surface area contributed by atoms with Crippen LogP contribution < -0.4 is 9.47 Å². The molecule has 0 heterocycles. The second kappa shape index (κ2) is 8.29. The third kappa shape index (κ3) is 5.50. The third-order valence-electron chi connectivity index (χ3n) is 2.90. The van der Waals surface area contributed by atoms with Gasteiger partial charge in [-0.05, 0) is 42.5 Å². The first kappa shape index (κ1) is 17.7. The van der Waals surface area contributed by atoms with E-state index in [2.05, 4.69) is 0 Å². The van der Waals surface area contributed by atoms with Crippen molar-refractivity contribution < 1.29 is 19.4 Å². The van der Waals surface area contributed by atoms with Gasteiger partial charge in [-0.2, -0.15) is 0 Å². The molecular weight excluding hydrogens is 363 g/mol. The predicted molar refractivity (Wildman–Crippen MR) is 90.1 cm³/mol. The van der Waals surface area contributed by atoms with Crippen LogP contribution in [0.5, 0.6) is 11.5 Å². The van der Waals surface area contributed by atoms with Crippen LogP contribution in [0.25, 0.3) is 0 Å². The fourth-order valence-corrected chi connectivity index (χ4v) is 2.37. The van der Waals surface area contributed by atoms with Gasteiger partial charge in [-0.25, -0.2) is 4.79 Å². The number of halogens is 3. The number of benzene rings is 2. The first-order chi connectivity index (χ1) is 11.0. The number of rotatable bonds is 7. The van der Waals surface area contributed by atoms with E-state index < -0.39 is 12.1 Å². The maximum atomic E-state index is 11.3. The molecule has 0 spiro atoms. The summed E-state index contributed by atoms with van der Waals surface area (Å²) in [5, 5.41) is 10.6. The van der Waals surface area contributed by atoms with Crippen LogP contribution in [0.3, 0.4) is 0 Å². The molecule has 0 aliphatic rings. The van der Waals surface area contributed by atoms with Crippen molar-refractivity contribution in [3.05, 3.63) is 57.5 Å². The summed E-state index contributed by atoms with van der Waals surface area (Å²) in [4.78, 5) is 11.3. The number of carboxylic acids is 1. The molecule has 0 amide bonds. The summed E-state index contributed by atoms with van der Waals surface area (Å²) in [5.41, 5.74) is 0. The Hall–Kier alpha value is -1.62. The smallest absolute Gasteiger partial charge is 0.345 e. The zero-order chi connectivity index (χ0) is 16.8. The number of ether oxygens (including phenoxy) is 2. The van der Waals surface area contributed by atoms with Crippen LogP contribution in [0.1, 0.15) is 6.42 Å². The first-order valence-corrected chi connectivity index (χ1v) is 7.82. The van der Waals surface area contributed by atoms with Gasteiger partial charge in [0.05, 0.1) is 11.6 Å². The van der Waals surface area contributed by atoms with Crippen LogP contribution >= 0.6 is 34.8 Å². The van der Waals surface area contributed by atoms with E-state index in [0.717, 1.165) is 0 Å². The molecule has 1 unspecified atom stereocenters. The second-order valence-corrected chi connectivity index (χ2v) is 5.89. The molecule has 0 bridgehead atoms. The molecule has 0 saturated carbocycles. The first-order valence-electron chi connectivity index (χ1n) is 6.68. The molecule has 122 valence electrons. The minimum atomic E-state index is -1.08. The maximum absolute atomic E-state index is 11.3. The Bertz CT molecular complexity index is 674. The van der Waals surface area contributed by atoms with E-state index in [1.807, 2.05) is 0 Å². The van der Waals surface area contributed by atoms with Gasteiger partial charge in [0, 0.05) is 16.5 Å². The fraction of sp³-hybridized carbons (Fsp3) is 0.188. The summed E-state index contributed by atoms with van der Waals surface area (Å²) in [6.45, 7) is 0.131. The normalized spacial score (nSPS) is 11.8. The summed E-state index contributed by atoms with van der Waals surface area (Å²) in [7, 11) is 0. The topological polar surface area (TPSA) is 55.8 Å². The highest BCUT2D eigenvalue weighted by Crippen LogP contribution is 2.27. The molecule has 0 radical (unpaired) electrons. The fourth-order valence-electron chi connectivity index (χ4n) is 1.78. The second-order valence-electron chi connectivity index (χ2n) is 4.61. The SMILES string of the molecule is O=C(O)C(CCOc1ccc(Cl)cc1Cl)Oc1ccc(Cl)cc1. The minimum Gasteiger partial charge on any atom is -0.492 e. The highest BCUT2D eigenvalue weighted by Gasteiger charge is 2.19. The van der Waals surface area contributed by atoms with Crippen LogP contribution in [0.4, 0.5) is 0 Å². The number of hydrogen-bond acceptors (Lipinski definition) is 3. The summed E-state index contributed by atoms with van der Waals surface area (Å²) < 4.78 is 10.9. The lowest BCUT2D eigenvalue weighted by molar-refractivity contribution is -0.145. The van der Waals surface area contributed by atoms with Crippen LogP contribution in [0, 0.1) is 0 Å². The van der Waals surface area contributed by atoms with Gasteiger partial charge < -0.3 is 14.6 Å². The molecule has 0 aliphatic heterocycles. The molecule has 1 N–H and O–H groups in total. The Labute approximate surface area is 148 Å². The van der Waals surface area contributed by atoms with E-state index in [0.29, 0.717) is 26.6 Å². The molecule has 4 nitrogen and oxygen atoms in total. The Kier molecular flexibility index (Phi) is 6.39. The molecule has 0 aliphatic carbocycles. The van der Waals surface area contributed by atoms with Crippen molar-refractivity contribution in [2.75, 3.05) is 6.61 Å². The zero-order valence-corrected chi connectivity index (χ0v) is 14.1. The zero-order valence-electron chi connectivity index (χ0n) is 11.8. The summed E-state index contributed by atoms with van der Waals surface area (Å²) in [6, 6.07) is 11.3. The third-order valence-corrected chi connectivity index (χ3v) is 3.68. The van der Waals surface area contributed by atoms with Crippen LogP contribution in [0.15, 0.2) is 42.5 Å². The number of carbonyl (C=O) groups is 1. The lowest BCUT2D eigenvalue weighted by Gasteiger charge is -2.16. The van der Waals surface area contributed by atoms with E-state index in [1.54, 1.807) is 42.5 Å². The van der Waals surface area contributed by atoms with Gasteiger partial charge in [0.15, 0.2) is 6.10 Å². The van der Waals surface area contributed by atoms with Gasteiger partial charge in [-0.1, -0.05) is 34.8 Å². The Morgan fingerprint density at radius 1 is 1.04 bits per heavy atom. The molecular formula is C16H13Cl3O4. The molecule has 2 rings (SSSR count). The number of aliphatic carboxylic acids is 1. The van der Waals surface area contributed by atoms with Crippen molar-refractivity contribution in [3.63, 3.8) is 0 Å². The van der Waals surface area contributed by atoms with E-state index >= 15 is 0 Å². The molecule has 23 heavy (non-hydrogen) atoms. The monoisotopic (exact) mass is 374 g/mol. The van der Waals surface area contributed by atoms with E-state index in [1.165, 1.54) is 0 Å². The van der Waals surface area contributed by atoms with Crippen LogP contribution in [0.2, 0.25) is 15.1 Å². The maximum Gasteiger partial charge on any atom is 0.345 e. The lowest BCUT2D eigenvalue weighted by atomic mass is 10.2. The van der Waals surface area contributed by atoms with Crippen molar-refractivity contribution in [2.45, 2.75) is 12.5 Å². The molecule has 0 aromatic heterocycles. The van der Waals surface area contributed by atoms with Gasteiger partial charge in [0.1, 0.15) is 11.5 Å². The Morgan fingerprint density at radius 2 is 1.70 bits per heavy atom. The van der Waals surface area contributed by atoms with E-state index in [4.69, 9.17) is 44.3 Å². The van der Waals surface area contributed by atoms with Crippen molar-refractivity contribution in [2.24, 2.45) is 0 Å². The minimum absolute atomic E-state index is 0.131. The van der Waals surface area contributed by atoms with E-state index in [-0.39, 0.29) is 13.0 Å².